The molecule has 2 rings (SSSR count). The molecule has 92 valence electrons. The van der Waals surface area contributed by atoms with E-state index in [9.17, 15) is 8.42 Å². The molecule has 0 atom stereocenters. The van der Waals surface area contributed by atoms with E-state index in [0.717, 1.165) is 0 Å². The zero-order valence-corrected chi connectivity index (χ0v) is 10.1. The Balaban J connectivity index is 2.66. The number of aryl methyl sites for hydroxylation is 1. The molecule has 0 bridgehead atoms. The maximum absolute atomic E-state index is 11.3. The SMILES string of the molecule is CCn1c(-c2ocnc2C)nnc1S(N)(=O)=O. The molecule has 2 aromatic rings. The second-order valence-corrected chi connectivity index (χ2v) is 4.82. The van der Waals surface area contributed by atoms with Crippen LogP contribution in [0.4, 0.5) is 0 Å². The summed E-state index contributed by atoms with van der Waals surface area (Å²) in [6.45, 7) is 3.84. The van der Waals surface area contributed by atoms with Crippen molar-refractivity contribution >= 4 is 10.0 Å². The fourth-order valence-electron chi connectivity index (χ4n) is 1.47. The first-order valence-corrected chi connectivity index (χ1v) is 6.36. The van der Waals surface area contributed by atoms with Crippen LogP contribution in [0.15, 0.2) is 16.0 Å². The number of hydrogen-bond donors (Lipinski definition) is 1. The quantitative estimate of drug-likeness (QED) is 0.821. The van der Waals surface area contributed by atoms with Gasteiger partial charge in [0.25, 0.3) is 15.2 Å². The van der Waals surface area contributed by atoms with Gasteiger partial charge in [-0.15, -0.1) is 10.2 Å². The minimum Gasteiger partial charge on any atom is -0.440 e. The molecule has 0 radical (unpaired) electrons. The van der Waals surface area contributed by atoms with Gasteiger partial charge in [-0.25, -0.2) is 18.5 Å². The Morgan fingerprint density at radius 3 is 2.65 bits per heavy atom. The average molecular weight is 257 g/mol. The summed E-state index contributed by atoms with van der Waals surface area (Å²) < 4.78 is 29.1. The molecular weight excluding hydrogens is 246 g/mol. The van der Waals surface area contributed by atoms with Crippen LogP contribution in [0.25, 0.3) is 11.6 Å². The number of oxazole rings is 1. The Morgan fingerprint density at radius 1 is 1.47 bits per heavy atom. The van der Waals surface area contributed by atoms with E-state index in [1.54, 1.807) is 13.8 Å². The van der Waals surface area contributed by atoms with Crippen LogP contribution in [0.3, 0.4) is 0 Å². The fraction of sp³-hybridized carbons (Fsp3) is 0.375. The summed E-state index contributed by atoms with van der Waals surface area (Å²) >= 11 is 0. The average Bonchev–Trinajstić information content (AvgIpc) is 2.81. The van der Waals surface area contributed by atoms with Crippen molar-refractivity contribution in [2.24, 2.45) is 5.14 Å². The molecule has 9 heteroatoms. The van der Waals surface area contributed by atoms with Gasteiger partial charge in [0.15, 0.2) is 12.2 Å². The van der Waals surface area contributed by atoms with E-state index in [4.69, 9.17) is 9.56 Å². The van der Waals surface area contributed by atoms with E-state index in [1.807, 2.05) is 0 Å². The topological polar surface area (TPSA) is 117 Å². The lowest BCUT2D eigenvalue weighted by molar-refractivity contribution is 0.551. The second-order valence-electron chi connectivity index (χ2n) is 3.36. The summed E-state index contributed by atoms with van der Waals surface area (Å²) in [5.74, 6) is 0.681. The van der Waals surface area contributed by atoms with Crippen molar-refractivity contribution in [3.05, 3.63) is 12.1 Å². The van der Waals surface area contributed by atoms with Crippen molar-refractivity contribution in [1.29, 1.82) is 0 Å². The van der Waals surface area contributed by atoms with Crippen LogP contribution in [0.2, 0.25) is 0 Å². The Labute approximate surface area is 97.5 Å². The van der Waals surface area contributed by atoms with Crippen LogP contribution in [0, 0.1) is 6.92 Å². The Morgan fingerprint density at radius 2 is 2.18 bits per heavy atom. The third-order valence-corrected chi connectivity index (χ3v) is 3.05. The molecule has 0 aliphatic rings. The molecular formula is C8H11N5O3S. The maximum Gasteiger partial charge on any atom is 0.273 e. The number of aromatic nitrogens is 4. The van der Waals surface area contributed by atoms with Crippen molar-refractivity contribution in [2.75, 3.05) is 0 Å². The molecule has 8 nitrogen and oxygen atoms in total. The highest BCUT2D eigenvalue weighted by Gasteiger charge is 2.23. The van der Waals surface area contributed by atoms with E-state index in [1.165, 1.54) is 11.0 Å². The molecule has 0 saturated heterocycles. The van der Waals surface area contributed by atoms with E-state index in [0.29, 0.717) is 23.8 Å². The number of sulfonamides is 1. The van der Waals surface area contributed by atoms with Crippen molar-refractivity contribution < 1.29 is 12.8 Å². The van der Waals surface area contributed by atoms with Gasteiger partial charge in [-0.3, -0.25) is 4.57 Å². The van der Waals surface area contributed by atoms with Crippen molar-refractivity contribution in [3.8, 4) is 11.6 Å². The van der Waals surface area contributed by atoms with Gasteiger partial charge >= 0.3 is 0 Å². The lowest BCUT2D eigenvalue weighted by atomic mass is 10.3. The van der Waals surface area contributed by atoms with Crippen molar-refractivity contribution in [3.63, 3.8) is 0 Å². The lowest BCUT2D eigenvalue weighted by Crippen LogP contribution is -2.18. The van der Waals surface area contributed by atoms with Crippen LogP contribution in [-0.4, -0.2) is 28.2 Å². The van der Waals surface area contributed by atoms with E-state index < -0.39 is 10.0 Å². The molecule has 2 N–H and O–H groups in total. The van der Waals surface area contributed by atoms with Crippen LogP contribution in [0.1, 0.15) is 12.6 Å². The third-order valence-electron chi connectivity index (χ3n) is 2.24. The summed E-state index contributed by atoms with van der Waals surface area (Å²) in [5, 5.41) is 12.1. The van der Waals surface area contributed by atoms with E-state index in [-0.39, 0.29) is 5.16 Å². The predicted octanol–water partition coefficient (Wildman–Crippen LogP) is -0.0912. The van der Waals surface area contributed by atoms with Gasteiger partial charge in [-0.1, -0.05) is 0 Å². The second kappa shape index (κ2) is 3.93. The van der Waals surface area contributed by atoms with Crippen LogP contribution in [0.5, 0.6) is 0 Å². The van der Waals surface area contributed by atoms with Gasteiger partial charge in [0, 0.05) is 6.54 Å². The molecule has 0 unspecified atom stereocenters. The van der Waals surface area contributed by atoms with Gasteiger partial charge in [-0.2, -0.15) is 0 Å². The molecule has 0 amide bonds. The molecule has 0 aliphatic carbocycles. The van der Waals surface area contributed by atoms with E-state index >= 15 is 0 Å². The number of hydrogen-bond acceptors (Lipinski definition) is 6. The van der Waals surface area contributed by atoms with Gasteiger partial charge < -0.3 is 4.42 Å². The zero-order chi connectivity index (χ0) is 12.6. The minimum absolute atomic E-state index is 0.286. The summed E-state index contributed by atoms with van der Waals surface area (Å²) in [7, 11) is -3.90. The number of rotatable bonds is 3. The standard InChI is InChI=1S/C8H11N5O3S/c1-3-13-7(6-5(2)10-4-16-6)11-12-8(13)17(9,14)15/h4H,3H2,1-2H3,(H2,9,14,15). The molecule has 2 aromatic heterocycles. The molecule has 0 aromatic carbocycles. The van der Waals surface area contributed by atoms with Crippen LogP contribution < -0.4 is 5.14 Å². The number of nitrogens with two attached hydrogens (primary N) is 1. The van der Waals surface area contributed by atoms with Gasteiger partial charge in [0.1, 0.15) is 0 Å². The highest BCUT2D eigenvalue weighted by atomic mass is 32.2. The third kappa shape index (κ3) is 1.94. The van der Waals surface area contributed by atoms with Gasteiger partial charge in [0.05, 0.1) is 5.69 Å². The highest BCUT2D eigenvalue weighted by Crippen LogP contribution is 2.22. The predicted molar refractivity (Wildman–Crippen MR) is 57.3 cm³/mol. The molecule has 2 heterocycles. The van der Waals surface area contributed by atoms with Crippen molar-refractivity contribution in [2.45, 2.75) is 25.5 Å². The summed E-state index contributed by atoms with van der Waals surface area (Å²) in [6.07, 6.45) is 1.26. The Hall–Kier alpha value is -1.74. The van der Waals surface area contributed by atoms with E-state index in [2.05, 4.69) is 15.2 Å². The smallest absolute Gasteiger partial charge is 0.273 e. The Kier molecular flexibility index (Phi) is 2.71. The fourth-order valence-corrected chi connectivity index (χ4v) is 2.15. The van der Waals surface area contributed by atoms with Crippen LogP contribution in [-0.2, 0) is 16.6 Å². The monoisotopic (exact) mass is 257 g/mol. The lowest BCUT2D eigenvalue weighted by Gasteiger charge is -2.03. The highest BCUT2D eigenvalue weighted by molar-refractivity contribution is 7.89. The summed E-state index contributed by atoms with van der Waals surface area (Å²) in [4.78, 5) is 3.91. The molecule has 0 fully saturated rings. The zero-order valence-electron chi connectivity index (χ0n) is 9.28. The first-order chi connectivity index (χ1) is 7.95. The minimum atomic E-state index is -3.90. The normalized spacial score (nSPS) is 11.9. The van der Waals surface area contributed by atoms with Crippen LogP contribution >= 0.6 is 0 Å². The molecule has 0 spiro atoms. The maximum atomic E-state index is 11.3. The van der Waals surface area contributed by atoms with Crippen molar-refractivity contribution in [1.82, 2.24) is 19.7 Å². The van der Waals surface area contributed by atoms with Gasteiger partial charge in [0.2, 0.25) is 5.82 Å². The first kappa shape index (κ1) is 11.7. The first-order valence-electron chi connectivity index (χ1n) is 4.81. The molecule has 17 heavy (non-hydrogen) atoms. The largest absolute Gasteiger partial charge is 0.440 e. The summed E-state index contributed by atoms with van der Waals surface area (Å²) in [5.41, 5.74) is 0.605. The van der Waals surface area contributed by atoms with Gasteiger partial charge in [-0.05, 0) is 13.8 Å². The molecule has 0 saturated carbocycles. The summed E-state index contributed by atoms with van der Waals surface area (Å²) in [6, 6.07) is 0. The molecule has 0 aliphatic heterocycles. The number of nitrogens with zero attached hydrogens (tertiary/aromatic N) is 4. The number of primary sulfonamides is 1. The Bertz CT molecular complexity index is 642.